The van der Waals surface area contributed by atoms with Gasteiger partial charge in [0.25, 0.3) is 0 Å². The SMILES string of the molecule is CCN(CC)C(=O)C1CC=CCC1C(=O)NCCCO. The number of hydrogen-bond acceptors (Lipinski definition) is 3. The van der Waals surface area contributed by atoms with Gasteiger partial charge < -0.3 is 15.3 Å². The Hall–Kier alpha value is -1.36. The van der Waals surface area contributed by atoms with Crippen LogP contribution in [0.2, 0.25) is 0 Å². The summed E-state index contributed by atoms with van der Waals surface area (Å²) in [6.07, 6.45) is 5.75. The van der Waals surface area contributed by atoms with Gasteiger partial charge in [0.05, 0.1) is 11.8 Å². The van der Waals surface area contributed by atoms with Crippen LogP contribution < -0.4 is 5.32 Å². The first kappa shape index (κ1) is 16.7. The fraction of sp³-hybridized carbons (Fsp3) is 0.733. The third kappa shape index (κ3) is 4.34. The van der Waals surface area contributed by atoms with E-state index in [0.717, 1.165) is 0 Å². The molecule has 0 spiro atoms. The minimum Gasteiger partial charge on any atom is -0.396 e. The van der Waals surface area contributed by atoms with Crippen molar-refractivity contribution in [3.8, 4) is 0 Å². The predicted molar refractivity (Wildman–Crippen MR) is 78.0 cm³/mol. The molecule has 0 saturated carbocycles. The van der Waals surface area contributed by atoms with E-state index in [4.69, 9.17) is 5.11 Å². The number of allylic oxidation sites excluding steroid dienone is 2. The number of carbonyl (C=O) groups excluding carboxylic acids is 2. The summed E-state index contributed by atoms with van der Waals surface area (Å²) in [6, 6.07) is 0. The second-order valence-corrected chi connectivity index (χ2v) is 5.03. The number of hydrogen-bond donors (Lipinski definition) is 2. The highest BCUT2D eigenvalue weighted by Gasteiger charge is 2.35. The van der Waals surface area contributed by atoms with Gasteiger partial charge in [-0.3, -0.25) is 9.59 Å². The van der Waals surface area contributed by atoms with Crippen LogP contribution in [-0.2, 0) is 9.59 Å². The highest BCUT2D eigenvalue weighted by atomic mass is 16.3. The number of nitrogens with one attached hydrogen (secondary N) is 1. The summed E-state index contributed by atoms with van der Waals surface area (Å²) in [5.41, 5.74) is 0. The van der Waals surface area contributed by atoms with E-state index >= 15 is 0 Å². The molecule has 0 saturated heterocycles. The lowest BCUT2D eigenvalue weighted by Gasteiger charge is -2.31. The summed E-state index contributed by atoms with van der Waals surface area (Å²) in [5, 5.41) is 11.6. The summed E-state index contributed by atoms with van der Waals surface area (Å²) < 4.78 is 0. The third-order valence-electron chi connectivity index (χ3n) is 3.80. The lowest BCUT2D eigenvalue weighted by Crippen LogP contribution is -2.44. The molecule has 0 aromatic heterocycles. The number of carbonyl (C=O) groups is 2. The fourth-order valence-electron chi connectivity index (χ4n) is 2.57. The third-order valence-corrected chi connectivity index (χ3v) is 3.80. The first-order chi connectivity index (χ1) is 9.65. The quantitative estimate of drug-likeness (QED) is 0.539. The minimum atomic E-state index is -0.285. The van der Waals surface area contributed by atoms with E-state index in [-0.39, 0.29) is 30.3 Å². The molecule has 114 valence electrons. The van der Waals surface area contributed by atoms with Crippen LogP contribution in [0.3, 0.4) is 0 Å². The van der Waals surface area contributed by atoms with Crippen LogP contribution in [-0.4, -0.2) is 48.1 Å². The molecular formula is C15H26N2O3. The lowest BCUT2D eigenvalue weighted by molar-refractivity contribution is -0.141. The van der Waals surface area contributed by atoms with Crippen molar-refractivity contribution in [3.05, 3.63) is 12.2 Å². The van der Waals surface area contributed by atoms with E-state index in [1.165, 1.54) is 0 Å². The van der Waals surface area contributed by atoms with Crippen molar-refractivity contribution in [2.45, 2.75) is 33.1 Å². The van der Waals surface area contributed by atoms with Gasteiger partial charge in [0.1, 0.15) is 0 Å². The van der Waals surface area contributed by atoms with Crippen LogP contribution in [0.15, 0.2) is 12.2 Å². The maximum atomic E-state index is 12.5. The molecule has 0 aromatic rings. The molecule has 0 heterocycles. The Bertz CT molecular complexity index is 351. The van der Waals surface area contributed by atoms with E-state index in [9.17, 15) is 9.59 Å². The van der Waals surface area contributed by atoms with Gasteiger partial charge in [0, 0.05) is 26.2 Å². The summed E-state index contributed by atoms with van der Waals surface area (Å²) >= 11 is 0. The molecule has 1 aliphatic carbocycles. The highest BCUT2D eigenvalue weighted by molar-refractivity contribution is 5.88. The van der Waals surface area contributed by atoms with Crippen molar-refractivity contribution in [1.29, 1.82) is 0 Å². The maximum absolute atomic E-state index is 12.5. The molecule has 2 atom stereocenters. The number of aliphatic hydroxyl groups is 1. The van der Waals surface area contributed by atoms with Crippen molar-refractivity contribution in [2.24, 2.45) is 11.8 Å². The van der Waals surface area contributed by atoms with Crippen LogP contribution in [0.5, 0.6) is 0 Å². The van der Waals surface area contributed by atoms with Crippen LogP contribution in [0, 0.1) is 11.8 Å². The molecule has 0 fully saturated rings. The number of aliphatic hydroxyl groups excluding tert-OH is 1. The highest BCUT2D eigenvalue weighted by Crippen LogP contribution is 2.27. The van der Waals surface area contributed by atoms with Gasteiger partial charge in [0.2, 0.25) is 11.8 Å². The molecule has 0 radical (unpaired) electrons. The zero-order valence-corrected chi connectivity index (χ0v) is 12.5. The van der Waals surface area contributed by atoms with E-state index in [1.807, 2.05) is 26.0 Å². The second-order valence-electron chi connectivity index (χ2n) is 5.03. The minimum absolute atomic E-state index is 0.0622. The van der Waals surface area contributed by atoms with Crippen molar-refractivity contribution in [2.75, 3.05) is 26.2 Å². The number of nitrogens with zero attached hydrogens (tertiary/aromatic N) is 1. The van der Waals surface area contributed by atoms with E-state index in [1.54, 1.807) is 4.90 Å². The van der Waals surface area contributed by atoms with Gasteiger partial charge in [-0.15, -0.1) is 0 Å². The second kappa shape index (κ2) is 8.74. The van der Waals surface area contributed by atoms with Crippen LogP contribution >= 0.6 is 0 Å². The first-order valence-corrected chi connectivity index (χ1v) is 7.48. The molecule has 2 unspecified atom stereocenters. The van der Waals surface area contributed by atoms with Gasteiger partial charge in [-0.2, -0.15) is 0 Å². The predicted octanol–water partition coefficient (Wildman–Crippen LogP) is 0.936. The van der Waals surface area contributed by atoms with Gasteiger partial charge in [0.15, 0.2) is 0 Å². The van der Waals surface area contributed by atoms with Crippen LogP contribution in [0.1, 0.15) is 33.1 Å². The molecule has 20 heavy (non-hydrogen) atoms. The number of amides is 2. The molecular weight excluding hydrogens is 256 g/mol. The summed E-state index contributed by atoms with van der Waals surface area (Å²) in [7, 11) is 0. The first-order valence-electron chi connectivity index (χ1n) is 7.48. The topological polar surface area (TPSA) is 69.6 Å². The lowest BCUT2D eigenvalue weighted by atomic mass is 9.81. The van der Waals surface area contributed by atoms with Gasteiger partial charge in [-0.05, 0) is 33.1 Å². The summed E-state index contributed by atoms with van der Waals surface area (Å²) in [6.45, 7) is 5.78. The zero-order valence-electron chi connectivity index (χ0n) is 12.5. The maximum Gasteiger partial charge on any atom is 0.226 e. The zero-order chi connectivity index (χ0) is 15.0. The Labute approximate surface area is 121 Å². The van der Waals surface area contributed by atoms with Crippen LogP contribution in [0.4, 0.5) is 0 Å². The molecule has 0 aliphatic heterocycles. The van der Waals surface area contributed by atoms with E-state index < -0.39 is 0 Å². The van der Waals surface area contributed by atoms with Crippen molar-refractivity contribution in [3.63, 3.8) is 0 Å². The monoisotopic (exact) mass is 282 g/mol. The van der Waals surface area contributed by atoms with E-state index in [2.05, 4.69) is 5.32 Å². The van der Waals surface area contributed by atoms with Gasteiger partial charge >= 0.3 is 0 Å². The molecule has 1 rings (SSSR count). The molecule has 5 nitrogen and oxygen atoms in total. The normalized spacial score (nSPS) is 21.6. The Morgan fingerprint density at radius 2 is 1.80 bits per heavy atom. The Balaban J connectivity index is 2.69. The standard InChI is InChI=1S/C15H26N2O3/c1-3-17(4-2)15(20)13-9-6-5-8-12(13)14(19)16-10-7-11-18/h5-6,12-13,18H,3-4,7-11H2,1-2H3,(H,16,19). The Kier molecular flexibility index (Phi) is 7.30. The van der Waals surface area contributed by atoms with Crippen LogP contribution in [0.25, 0.3) is 0 Å². The fourth-order valence-corrected chi connectivity index (χ4v) is 2.57. The van der Waals surface area contributed by atoms with Gasteiger partial charge in [-0.1, -0.05) is 12.2 Å². The summed E-state index contributed by atoms with van der Waals surface area (Å²) in [4.78, 5) is 26.5. The molecule has 0 aromatic carbocycles. The smallest absolute Gasteiger partial charge is 0.226 e. The van der Waals surface area contributed by atoms with E-state index in [0.29, 0.717) is 38.9 Å². The molecule has 1 aliphatic rings. The number of rotatable bonds is 7. The average molecular weight is 282 g/mol. The Morgan fingerprint density at radius 3 is 2.35 bits per heavy atom. The molecule has 0 bridgehead atoms. The Morgan fingerprint density at radius 1 is 1.20 bits per heavy atom. The average Bonchev–Trinajstić information content (AvgIpc) is 2.48. The van der Waals surface area contributed by atoms with Crippen molar-refractivity contribution < 1.29 is 14.7 Å². The van der Waals surface area contributed by atoms with Gasteiger partial charge in [-0.25, -0.2) is 0 Å². The van der Waals surface area contributed by atoms with Crippen molar-refractivity contribution >= 4 is 11.8 Å². The molecule has 2 N–H and O–H groups in total. The van der Waals surface area contributed by atoms with Crippen molar-refractivity contribution in [1.82, 2.24) is 10.2 Å². The summed E-state index contributed by atoms with van der Waals surface area (Å²) in [5.74, 6) is -0.546. The molecule has 5 heteroatoms. The molecule has 2 amide bonds. The largest absolute Gasteiger partial charge is 0.396 e.